The Morgan fingerprint density at radius 3 is 2.75 bits per heavy atom. The predicted molar refractivity (Wildman–Crippen MR) is 97.9 cm³/mol. The van der Waals surface area contributed by atoms with E-state index in [-0.39, 0.29) is 0 Å². The molecule has 0 radical (unpaired) electrons. The molecule has 4 aliphatic rings. The Labute approximate surface area is 142 Å². The van der Waals surface area contributed by atoms with Crippen LogP contribution in [0, 0.1) is 6.92 Å². The molecule has 0 unspecified atom stereocenters. The number of nitrogens with zero attached hydrogens (tertiary/aromatic N) is 2. The largest absolute Gasteiger partial charge is 0.456 e. The van der Waals surface area contributed by atoms with Crippen molar-refractivity contribution in [2.24, 2.45) is 4.99 Å². The van der Waals surface area contributed by atoms with Gasteiger partial charge in [0.2, 0.25) is 0 Å². The zero-order valence-corrected chi connectivity index (χ0v) is 14.4. The average molecular weight is 318 g/mol. The quantitative estimate of drug-likeness (QED) is 0.585. The molecule has 3 aliphatic heterocycles. The number of benzene rings is 2. The highest BCUT2D eigenvalue weighted by Gasteiger charge is 2.28. The summed E-state index contributed by atoms with van der Waals surface area (Å²) in [6.45, 7) is 4.61. The van der Waals surface area contributed by atoms with E-state index in [1.807, 2.05) is 7.05 Å². The van der Waals surface area contributed by atoms with E-state index < -0.39 is 0 Å². The smallest absolute Gasteiger partial charge is 0.140 e. The van der Waals surface area contributed by atoms with Crippen LogP contribution in [0.2, 0.25) is 0 Å². The molecule has 1 aliphatic carbocycles. The van der Waals surface area contributed by atoms with Gasteiger partial charge in [-0.1, -0.05) is 0 Å². The molecule has 0 aromatic heterocycles. The van der Waals surface area contributed by atoms with Crippen molar-refractivity contribution in [3.8, 4) is 11.3 Å². The first-order valence-electron chi connectivity index (χ1n) is 8.96. The molecule has 1 aromatic carbocycles. The zero-order chi connectivity index (χ0) is 16.3. The third-order valence-electron chi connectivity index (χ3n) is 5.72. The van der Waals surface area contributed by atoms with Crippen molar-refractivity contribution < 1.29 is 4.42 Å². The molecule has 0 fully saturated rings. The van der Waals surface area contributed by atoms with E-state index in [4.69, 9.17) is 4.42 Å². The molecule has 24 heavy (non-hydrogen) atoms. The summed E-state index contributed by atoms with van der Waals surface area (Å²) in [6, 6.07) is 8.67. The molecule has 3 heteroatoms. The standard InChI is InChI=1S/C21H22N2O/c1-13-16-8-7-15(22-2)12-19(16)24-21-17-6-4-10-23-9-3-5-14(20(17)23)11-18(13)21/h7-8,11-12H,3-6,9-10H2,1-2H3. The van der Waals surface area contributed by atoms with Crippen LogP contribution >= 0.6 is 0 Å². The fraction of sp³-hybridized carbons (Fsp3) is 0.381. The van der Waals surface area contributed by atoms with Crippen LogP contribution in [0.4, 0.5) is 5.69 Å². The van der Waals surface area contributed by atoms with E-state index in [1.54, 1.807) is 0 Å². The molecule has 0 spiro atoms. The summed E-state index contributed by atoms with van der Waals surface area (Å²) >= 11 is 0. The van der Waals surface area contributed by atoms with Gasteiger partial charge in [0, 0.05) is 48.4 Å². The Morgan fingerprint density at radius 2 is 1.92 bits per heavy atom. The van der Waals surface area contributed by atoms with Gasteiger partial charge in [-0.05, 0) is 61.9 Å². The predicted octanol–water partition coefficient (Wildman–Crippen LogP) is 4.08. The first-order chi connectivity index (χ1) is 11.8. The van der Waals surface area contributed by atoms with Gasteiger partial charge in [0.15, 0.2) is 0 Å². The summed E-state index contributed by atoms with van der Waals surface area (Å²) in [5, 5.41) is 2.26. The molecular weight excluding hydrogens is 296 g/mol. The Morgan fingerprint density at radius 1 is 1.08 bits per heavy atom. The topological polar surface area (TPSA) is 28.7 Å². The fourth-order valence-corrected chi connectivity index (χ4v) is 4.53. The fourth-order valence-electron chi connectivity index (χ4n) is 4.53. The highest BCUT2D eigenvalue weighted by molar-refractivity contribution is 5.94. The van der Waals surface area contributed by atoms with E-state index >= 15 is 0 Å². The van der Waals surface area contributed by atoms with Gasteiger partial charge in [-0.15, -0.1) is 0 Å². The van der Waals surface area contributed by atoms with Crippen LogP contribution < -0.4 is 10.3 Å². The lowest BCUT2D eigenvalue weighted by atomic mass is 9.88. The first kappa shape index (κ1) is 14.1. The van der Waals surface area contributed by atoms with Gasteiger partial charge < -0.3 is 9.32 Å². The number of rotatable bonds is 0. The minimum absolute atomic E-state index is 0.951. The van der Waals surface area contributed by atoms with Crippen LogP contribution in [-0.2, 0) is 12.8 Å². The number of anilines is 1. The van der Waals surface area contributed by atoms with Gasteiger partial charge in [-0.3, -0.25) is 4.99 Å². The zero-order valence-electron chi connectivity index (χ0n) is 14.4. The van der Waals surface area contributed by atoms with E-state index in [0.717, 1.165) is 23.1 Å². The Bertz CT molecular complexity index is 997. The number of aryl methyl sites for hydroxylation is 3. The maximum Gasteiger partial charge on any atom is 0.140 e. The van der Waals surface area contributed by atoms with Crippen LogP contribution in [0.15, 0.2) is 33.7 Å². The molecule has 0 amide bonds. The lowest BCUT2D eigenvalue weighted by Gasteiger charge is -2.37. The van der Waals surface area contributed by atoms with Gasteiger partial charge in [0.1, 0.15) is 11.3 Å². The maximum atomic E-state index is 6.45. The molecule has 0 atom stereocenters. The Hall–Kier alpha value is -2.29. The second kappa shape index (κ2) is 5.10. The van der Waals surface area contributed by atoms with Crippen molar-refractivity contribution >= 4 is 16.7 Å². The van der Waals surface area contributed by atoms with E-state index in [9.17, 15) is 0 Å². The van der Waals surface area contributed by atoms with Gasteiger partial charge in [0.05, 0.1) is 5.36 Å². The second-order valence-corrected chi connectivity index (χ2v) is 7.06. The van der Waals surface area contributed by atoms with E-state index in [2.05, 4.69) is 41.1 Å². The highest BCUT2D eigenvalue weighted by atomic mass is 16.3. The van der Waals surface area contributed by atoms with Crippen LogP contribution in [0.1, 0.15) is 29.5 Å². The molecule has 0 bridgehead atoms. The van der Waals surface area contributed by atoms with Gasteiger partial charge >= 0.3 is 0 Å². The molecule has 0 N–H and O–H groups in total. The van der Waals surface area contributed by atoms with Crippen molar-refractivity contribution in [1.29, 1.82) is 0 Å². The Balaban J connectivity index is 1.93. The van der Waals surface area contributed by atoms with Crippen molar-refractivity contribution in [1.82, 2.24) is 0 Å². The minimum Gasteiger partial charge on any atom is -0.456 e. The van der Waals surface area contributed by atoms with Crippen LogP contribution in [-0.4, -0.2) is 20.1 Å². The van der Waals surface area contributed by atoms with E-state index in [0.29, 0.717) is 0 Å². The molecular formula is C21H22N2O. The van der Waals surface area contributed by atoms with Crippen molar-refractivity contribution in [3.63, 3.8) is 0 Å². The summed E-state index contributed by atoms with van der Waals surface area (Å²) in [5.41, 5.74) is 8.04. The summed E-state index contributed by atoms with van der Waals surface area (Å²) in [7, 11) is 1.83. The molecule has 122 valence electrons. The summed E-state index contributed by atoms with van der Waals surface area (Å²) in [4.78, 5) is 6.87. The third-order valence-corrected chi connectivity index (χ3v) is 5.72. The van der Waals surface area contributed by atoms with Gasteiger partial charge in [-0.25, -0.2) is 0 Å². The second-order valence-electron chi connectivity index (χ2n) is 7.06. The number of hydrogen-bond donors (Lipinski definition) is 0. The van der Waals surface area contributed by atoms with Crippen LogP contribution in [0.25, 0.3) is 22.3 Å². The average Bonchev–Trinajstić information content (AvgIpc) is 2.63. The minimum atomic E-state index is 0.951. The summed E-state index contributed by atoms with van der Waals surface area (Å²) in [5.74, 6) is 0.951. The molecule has 1 aromatic rings. The van der Waals surface area contributed by atoms with Crippen LogP contribution in [0.5, 0.6) is 0 Å². The molecule has 3 heterocycles. The maximum absolute atomic E-state index is 6.45. The van der Waals surface area contributed by atoms with Crippen molar-refractivity contribution in [3.05, 3.63) is 46.3 Å². The van der Waals surface area contributed by atoms with Crippen LogP contribution in [0.3, 0.4) is 0 Å². The SMILES string of the molecule is CN=c1ccc2c(C)c3cc4c5c(c3oc-2c1)CCCN5CCC4. The molecule has 0 saturated heterocycles. The first-order valence-corrected chi connectivity index (χ1v) is 8.96. The van der Waals surface area contributed by atoms with Gasteiger partial charge in [0.25, 0.3) is 0 Å². The third kappa shape index (κ3) is 1.87. The molecule has 0 saturated carbocycles. The van der Waals surface area contributed by atoms with E-state index in [1.165, 1.54) is 65.7 Å². The van der Waals surface area contributed by atoms with Crippen molar-refractivity contribution in [2.75, 3.05) is 25.0 Å². The molecule has 5 rings (SSSR count). The number of fused-ring (bicyclic) bond motifs is 3. The summed E-state index contributed by atoms with van der Waals surface area (Å²) in [6.07, 6.45) is 4.81. The normalized spacial score (nSPS) is 17.6. The highest BCUT2D eigenvalue weighted by Crippen LogP contribution is 2.43. The lowest BCUT2D eigenvalue weighted by molar-refractivity contribution is 0.593. The Kier molecular flexibility index (Phi) is 2.99. The lowest BCUT2D eigenvalue weighted by Crippen LogP contribution is -2.34. The number of hydrogen-bond acceptors (Lipinski definition) is 3. The molecule has 3 nitrogen and oxygen atoms in total. The summed E-state index contributed by atoms with van der Waals surface area (Å²) < 4.78 is 6.45. The van der Waals surface area contributed by atoms with Crippen molar-refractivity contribution in [2.45, 2.75) is 32.6 Å². The van der Waals surface area contributed by atoms with Gasteiger partial charge in [-0.2, -0.15) is 0 Å². The monoisotopic (exact) mass is 318 g/mol.